The summed E-state index contributed by atoms with van der Waals surface area (Å²) in [6.07, 6.45) is 5.40. The van der Waals surface area contributed by atoms with Crippen LogP contribution in [-0.2, 0) is 14.3 Å². The molecular weight excluding hydrogens is 282 g/mol. The summed E-state index contributed by atoms with van der Waals surface area (Å²) in [5, 5.41) is 2.93. The van der Waals surface area contributed by atoms with Crippen molar-refractivity contribution in [2.24, 2.45) is 0 Å². The molecule has 1 spiro atoms. The molecule has 1 N–H and O–H groups in total. The Kier molecular flexibility index (Phi) is 5.81. The van der Waals surface area contributed by atoms with Crippen molar-refractivity contribution in [3.05, 3.63) is 0 Å². The van der Waals surface area contributed by atoms with Crippen LogP contribution in [0.15, 0.2) is 0 Å². The van der Waals surface area contributed by atoms with E-state index < -0.39 is 11.8 Å². The van der Waals surface area contributed by atoms with E-state index in [2.05, 4.69) is 5.32 Å². The molecule has 0 aromatic heterocycles. The molecule has 2 fully saturated rings. The van der Waals surface area contributed by atoms with Gasteiger partial charge in [-0.1, -0.05) is 13.3 Å². The van der Waals surface area contributed by atoms with Crippen LogP contribution < -0.4 is 5.32 Å². The van der Waals surface area contributed by atoms with Crippen LogP contribution in [0.25, 0.3) is 0 Å². The fourth-order valence-corrected chi connectivity index (χ4v) is 3.44. The normalized spacial score (nSPS) is 24.0. The first-order chi connectivity index (χ1) is 10.5. The first-order valence-electron chi connectivity index (χ1n) is 8.39. The fourth-order valence-electron chi connectivity index (χ4n) is 3.44. The minimum atomic E-state index is -0.533. The highest BCUT2D eigenvalue weighted by molar-refractivity contribution is 5.88. The smallest absolute Gasteiger partial charge is 0.245 e. The van der Waals surface area contributed by atoms with Gasteiger partial charge in [-0.2, -0.15) is 0 Å². The number of nitrogens with one attached hydrogen (secondary N) is 1. The molecule has 1 aliphatic carbocycles. The highest BCUT2D eigenvalue weighted by Gasteiger charge is 2.52. The van der Waals surface area contributed by atoms with E-state index in [4.69, 9.17) is 4.74 Å². The maximum Gasteiger partial charge on any atom is 0.245 e. The quantitative estimate of drug-likeness (QED) is 0.821. The molecule has 6 heteroatoms. The van der Waals surface area contributed by atoms with Crippen LogP contribution in [0.4, 0.5) is 0 Å². The van der Waals surface area contributed by atoms with Gasteiger partial charge in [0.2, 0.25) is 11.8 Å². The molecule has 1 saturated heterocycles. The van der Waals surface area contributed by atoms with Gasteiger partial charge < -0.3 is 15.0 Å². The van der Waals surface area contributed by atoms with Gasteiger partial charge >= 0.3 is 0 Å². The largest absolute Gasteiger partial charge is 0.353 e. The van der Waals surface area contributed by atoms with Crippen LogP contribution in [0.5, 0.6) is 0 Å². The number of ether oxygens (including phenoxy) is 1. The summed E-state index contributed by atoms with van der Waals surface area (Å²) in [4.78, 5) is 28.7. The topological polar surface area (TPSA) is 61.9 Å². The third-order valence-electron chi connectivity index (χ3n) is 4.63. The van der Waals surface area contributed by atoms with E-state index in [1.165, 1.54) is 6.42 Å². The summed E-state index contributed by atoms with van der Waals surface area (Å²) in [6.45, 7) is 3.54. The highest BCUT2D eigenvalue weighted by Crippen LogP contribution is 2.40. The second-order valence-corrected chi connectivity index (χ2v) is 6.55. The van der Waals surface area contributed by atoms with Crippen molar-refractivity contribution < 1.29 is 14.3 Å². The average Bonchev–Trinajstić information content (AvgIpc) is 2.85. The van der Waals surface area contributed by atoms with Crippen molar-refractivity contribution in [2.45, 2.75) is 57.2 Å². The number of rotatable bonds is 5. The fraction of sp³-hybridized carbons (Fsp3) is 0.875. The SMILES string of the molecule is CCC(=O)N1[C@@H](C(=O)NCCN(C)C)COC12CCCCC2. The molecule has 0 aromatic carbocycles. The second kappa shape index (κ2) is 7.42. The van der Waals surface area contributed by atoms with E-state index >= 15 is 0 Å². The molecule has 22 heavy (non-hydrogen) atoms. The van der Waals surface area contributed by atoms with Crippen LogP contribution in [0.2, 0.25) is 0 Å². The Morgan fingerprint density at radius 2 is 1.95 bits per heavy atom. The van der Waals surface area contributed by atoms with Crippen molar-refractivity contribution in [2.75, 3.05) is 33.8 Å². The molecule has 1 saturated carbocycles. The molecule has 126 valence electrons. The first-order valence-corrected chi connectivity index (χ1v) is 8.39. The summed E-state index contributed by atoms with van der Waals surface area (Å²) in [6, 6.07) is -0.479. The summed E-state index contributed by atoms with van der Waals surface area (Å²) in [7, 11) is 3.93. The summed E-state index contributed by atoms with van der Waals surface area (Å²) in [5.41, 5.74) is -0.533. The van der Waals surface area contributed by atoms with Gasteiger partial charge in [0.15, 0.2) is 0 Å². The lowest BCUT2D eigenvalue weighted by Gasteiger charge is -2.41. The van der Waals surface area contributed by atoms with Crippen molar-refractivity contribution in [3.63, 3.8) is 0 Å². The number of amides is 2. The second-order valence-electron chi connectivity index (χ2n) is 6.55. The molecule has 1 atom stereocenters. The maximum atomic E-state index is 12.5. The lowest BCUT2D eigenvalue weighted by Crippen LogP contribution is -2.56. The molecule has 1 aliphatic heterocycles. The zero-order valence-corrected chi connectivity index (χ0v) is 14.1. The number of hydrogen-bond acceptors (Lipinski definition) is 4. The Morgan fingerprint density at radius 1 is 1.27 bits per heavy atom. The standard InChI is InChI=1S/C16H29N3O3/c1-4-14(20)19-13(15(21)17-10-11-18(2)3)12-22-16(19)8-6-5-7-9-16/h13H,4-12H2,1-3H3,(H,17,21)/t13-/m1/s1. The summed E-state index contributed by atoms with van der Waals surface area (Å²) < 4.78 is 6.01. The van der Waals surface area contributed by atoms with Gasteiger partial charge in [-0.25, -0.2) is 0 Å². The predicted molar refractivity (Wildman–Crippen MR) is 84.3 cm³/mol. The molecule has 2 aliphatic rings. The molecule has 0 aromatic rings. The average molecular weight is 311 g/mol. The van der Waals surface area contributed by atoms with Gasteiger partial charge in [-0.15, -0.1) is 0 Å². The Hall–Kier alpha value is -1.14. The zero-order chi connectivity index (χ0) is 16.2. The van der Waals surface area contributed by atoms with Gasteiger partial charge in [-0.05, 0) is 39.8 Å². The van der Waals surface area contributed by atoms with Crippen LogP contribution in [0, 0.1) is 0 Å². The summed E-state index contributed by atoms with van der Waals surface area (Å²) >= 11 is 0. The maximum absolute atomic E-state index is 12.5. The van der Waals surface area contributed by atoms with E-state index in [1.54, 1.807) is 4.90 Å². The van der Waals surface area contributed by atoms with Crippen molar-refractivity contribution in [3.8, 4) is 0 Å². The Labute approximate surface area is 133 Å². The van der Waals surface area contributed by atoms with Gasteiger partial charge in [-0.3, -0.25) is 14.5 Å². The van der Waals surface area contributed by atoms with Crippen LogP contribution >= 0.6 is 0 Å². The minimum Gasteiger partial charge on any atom is -0.353 e. The molecule has 2 amide bonds. The van der Waals surface area contributed by atoms with Crippen LogP contribution in [0.1, 0.15) is 45.4 Å². The Morgan fingerprint density at radius 3 is 2.55 bits per heavy atom. The number of carbonyl (C=O) groups excluding carboxylic acids is 2. The molecule has 6 nitrogen and oxygen atoms in total. The molecular formula is C16H29N3O3. The number of hydrogen-bond donors (Lipinski definition) is 1. The minimum absolute atomic E-state index is 0.0205. The van der Waals surface area contributed by atoms with E-state index in [0.717, 1.165) is 32.2 Å². The van der Waals surface area contributed by atoms with Crippen LogP contribution in [-0.4, -0.2) is 67.2 Å². The molecule has 1 heterocycles. The molecule has 0 bridgehead atoms. The Balaban J connectivity index is 2.06. The van der Waals surface area contributed by atoms with Gasteiger partial charge in [0.1, 0.15) is 11.8 Å². The highest BCUT2D eigenvalue weighted by atomic mass is 16.5. The lowest BCUT2D eigenvalue weighted by molar-refractivity contribution is -0.159. The number of carbonyl (C=O) groups is 2. The summed E-state index contributed by atoms with van der Waals surface area (Å²) in [5.74, 6) is -0.0711. The third kappa shape index (κ3) is 3.60. The van der Waals surface area contributed by atoms with Gasteiger partial charge in [0.25, 0.3) is 0 Å². The van der Waals surface area contributed by atoms with Crippen molar-refractivity contribution >= 4 is 11.8 Å². The number of nitrogens with zero attached hydrogens (tertiary/aromatic N) is 2. The molecule has 0 radical (unpaired) electrons. The van der Waals surface area contributed by atoms with Crippen molar-refractivity contribution in [1.29, 1.82) is 0 Å². The van der Waals surface area contributed by atoms with Crippen LogP contribution in [0.3, 0.4) is 0 Å². The first kappa shape index (κ1) is 17.2. The van der Waals surface area contributed by atoms with Gasteiger partial charge in [0, 0.05) is 19.5 Å². The van der Waals surface area contributed by atoms with Gasteiger partial charge in [0.05, 0.1) is 6.61 Å². The Bertz CT molecular complexity index is 405. The van der Waals surface area contributed by atoms with E-state index in [-0.39, 0.29) is 11.8 Å². The third-order valence-corrected chi connectivity index (χ3v) is 4.63. The van der Waals surface area contributed by atoms with Crippen molar-refractivity contribution in [1.82, 2.24) is 15.1 Å². The molecule has 0 unspecified atom stereocenters. The predicted octanol–water partition coefficient (Wildman–Crippen LogP) is 0.962. The lowest BCUT2D eigenvalue weighted by atomic mass is 9.90. The van der Waals surface area contributed by atoms with E-state index in [0.29, 0.717) is 19.6 Å². The monoisotopic (exact) mass is 311 g/mol. The zero-order valence-electron chi connectivity index (χ0n) is 14.1. The molecule has 2 rings (SSSR count). The van der Waals surface area contributed by atoms with E-state index in [1.807, 2.05) is 25.9 Å². The number of likely N-dealkylation sites (N-methyl/N-ethyl adjacent to an activating group) is 1. The van der Waals surface area contributed by atoms with E-state index in [9.17, 15) is 9.59 Å².